The second kappa shape index (κ2) is 17.1. The molecule has 0 aliphatic rings. The van der Waals surface area contributed by atoms with E-state index in [9.17, 15) is 9.59 Å². The molecule has 0 aliphatic carbocycles. The van der Waals surface area contributed by atoms with Crippen molar-refractivity contribution in [3.8, 4) is 11.5 Å². The van der Waals surface area contributed by atoms with Crippen LogP contribution in [0, 0.1) is 0 Å². The van der Waals surface area contributed by atoms with Crippen LogP contribution in [0.5, 0.6) is 11.5 Å². The summed E-state index contributed by atoms with van der Waals surface area (Å²) in [7, 11) is 0. The fourth-order valence-electron chi connectivity index (χ4n) is 3.26. The third-order valence-electron chi connectivity index (χ3n) is 4.74. The number of unbranched alkanes of at least 4 members (excludes halogenated alkanes) is 7. The molecule has 31 heavy (non-hydrogen) atoms. The molecule has 0 saturated carbocycles. The molecular weight excluding hydrogens is 388 g/mol. The summed E-state index contributed by atoms with van der Waals surface area (Å²) < 4.78 is 10.4. The maximum Gasteiger partial charge on any atom is 0.308 e. The summed E-state index contributed by atoms with van der Waals surface area (Å²) in [6.45, 7) is 4.79. The van der Waals surface area contributed by atoms with Gasteiger partial charge in [0.1, 0.15) is 11.5 Å². The molecule has 0 fully saturated rings. The fraction of sp³-hybridized carbons (Fsp3) is 0.481. The third-order valence-corrected chi connectivity index (χ3v) is 4.74. The molecule has 4 nitrogen and oxygen atoms in total. The Bertz CT molecular complexity index is 744. The van der Waals surface area contributed by atoms with Crippen molar-refractivity contribution in [1.29, 1.82) is 0 Å². The highest BCUT2D eigenvalue weighted by Crippen LogP contribution is 2.26. The van der Waals surface area contributed by atoms with E-state index < -0.39 is 0 Å². The van der Waals surface area contributed by atoms with Crippen LogP contribution in [-0.2, 0) is 16.0 Å². The highest BCUT2D eigenvalue weighted by molar-refractivity contribution is 5.71. The van der Waals surface area contributed by atoms with Crippen LogP contribution in [0.4, 0.5) is 0 Å². The van der Waals surface area contributed by atoms with E-state index in [2.05, 4.69) is 24.3 Å². The van der Waals surface area contributed by atoms with E-state index in [1.165, 1.54) is 46.0 Å². The van der Waals surface area contributed by atoms with Crippen molar-refractivity contribution in [3.63, 3.8) is 0 Å². The maximum atomic E-state index is 11.3. The van der Waals surface area contributed by atoms with E-state index in [0.29, 0.717) is 11.5 Å². The zero-order valence-electron chi connectivity index (χ0n) is 19.4. The van der Waals surface area contributed by atoms with Crippen molar-refractivity contribution in [3.05, 3.63) is 60.2 Å². The second-order valence-corrected chi connectivity index (χ2v) is 7.63. The average Bonchev–Trinajstić information content (AvgIpc) is 2.72. The number of hydrogen-bond donors (Lipinski definition) is 0. The largest absolute Gasteiger partial charge is 0.427 e. The summed E-state index contributed by atoms with van der Waals surface area (Å²) >= 11 is 0. The predicted molar refractivity (Wildman–Crippen MR) is 127 cm³/mol. The normalized spacial score (nSPS) is 11.6. The average molecular weight is 427 g/mol. The first-order valence-corrected chi connectivity index (χ1v) is 11.5. The van der Waals surface area contributed by atoms with Crippen LogP contribution in [-0.4, -0.2) is 11.9 Å². The van der Waals surface area contributed by atoms with Crippen molar-refractivity contribution in [2.45, 2.75) is 85.0 Å². The number of allylic oxidation sites excluding steroid dienone is 6. The van der Waals surface area contributed by atoms with Gasteiger partial charge < -0.3 is 9.47 Å². The Kier molecular flexibility index (Phi) is 14.6. The first-order chi connectivity index (χ1) is 15.0. The van der Waals surface area contributed by atoms with Gasteiger partial charge in [-0.25, -0.2) is 0 Å². The van der Waals surface area contributed by atoms with E-state index >= 15 is 0 Å². The molecule has 0 aromatic heterocycles. The summed E-state index contributed by atoms with van der Waals surface area (Å²) in [4.78, 5) is 22.5. The van der Waals surface area contributed by atoms with Crippen LogP contribution in [0.25, 0.3) is 0 Å². The summed E-state index contributed by atoms with van der Waals surface area (Å²) in [6, 6.07) is 5.14. The second-order valence-electron chi connectivity index (χ2n) is 7.63. The van der Waals surface area contributed by atoms with Gasteiger partial charge in [-0.3, -0.25) is 9.59 Å². The number of aryl methyl sites for hydroxylation is 1. The van der Waals surface area contributed by atoms with Gasteiger partial charge in [-0.1, -0.05) is 68.6 Å². The molecular formula is C27H38O4. The van der Waals surface area contributed by atoms with Gasteiger partial charge in [0.05, 0.1) is 0 Å². The molecule has 0 N–H and O–H groups in total. The molecule has 0 heterocycles. The maximum absolute atomic E-state index is 11.3. The summed E-state index contributed by atoms with van der Waals surface area (Å²) in [5.74, 6) is 0.333. The summed E-state index contributed by atoms with van der Waals surface area (Å²) in [5.41, 5.74) is 0.904. The van der Waals surface area contributed by atoms with Crippen LogP contribution in [0.15, 0.2) is 54.7 Å². The van der Waals surface area contributed by atoms with Crippen LogP contribution in [0.2, 0.25) is 0 Å². The van der Waals surface area contributed by atoms with Crippen molar-refractivity contribution >= 4 is 11.9 Å². The Hall–Kier alpha value is -2.62. The number of carbonyl (C=O) groups is 2. The minimum Gasteiger partial charge on any atom is -0.427 e. The number of benzene rings is 1. The monoisotopic (exact) mass is 426 g/mol. The molecule has 0 bridgehead atoms. The summed E-state index contributed by atoms with van der Waals surface area (Å²) in [5, 5.41) is 0. The SMILES string of the molecule is C/C=C/C=C/C/C=C\CCCCCCCCCc1cc(OC(C)=O)ccc1OC(C)=O. The van der Waals surface area contributed by atoms with Crippen LogP contribution >= 0.6 is 0 Å². The third kappa shape index (κ3) is 14.1. The topological polar surface area (TPSA) is 52.6 Å². The molecule has 0 spiro atoms. The minimum atomic E-state index is -0.358. The van der Waals surface area contributed by atoms with E-state index in [1.807, 2.05) is 19.1 Å². The van der Waals surface area contributed by atoms with Crippen LogP contribution < -0.4 is 9.47 Å². The molecule has 1 aromatic carbocycles. The van der Waals surface area contributed by atoms with Gasteiger partial charge in [0, 0.05) is 13.8 Å². The molecule has 1 rings (SSSR count). The van der Waals surface area contributed by atoms with Gasteiger partial charge in [-0.05, 0) is 62.8 Å². The quantitative estimate of drug-likeness (QED) is 0.0972. The van der Waals surface area contributed by atoms with Gasteiger partial charge in [0.15, 0.2) is 0 Å². The molecule has 0 amide bonds. The molecule has 0 atom stereocenters. The van der Waals surface area contributed by atoms with Gasteiger partial charge >= 0.3 is 11.9 Å². The number of carbonyl (C=O) groups excluding carboxylic acids is 2. The zero-order chi connectivity index (χ0) is 22.7. The number of ether oxygens (including phenoxy) is 2. The molecule has 4 heteroatoms. The highest BCUT2D eigenvalue weighted by atomic mass is 16.5. The van der Waals surface area contributed by atoms with Gasteiger partial charge in [0.2, 0.25) is 0 Å². The van der Waals surface area contributed by atoms with E-state index in [0.717, 1.165) is 37.7 Å². The number of esters is 2. The molecule has 0 aliphatic heterocycles. The number of rotatable bonds is 15. The standard InChI is InChI=1S/C27H38O4/c1-4-5-6-7-8-9-10-11-12-13-14-15-16-17-18-19-25-22-26(30-23(2)28)20-21-27(25)31-24(3)29/h4-7,9-10,20-22H,8,11-19H2,1-3H3/b5-4+,7-6+,10-9-. The van der Waals surface area contributed by atoms with Crippen molar-refractivity contribution in [1.82, 2.24) is 0 Å². The Balaban J connectivity index is 2.21. The van der Waals surface area contributed by atoms with E-state index in [4.69, 9.17) is 9.47 Å². The predicted octanol–water partition coefficient (Wildman–Crippen LogP) is 7.28. The lowest BCUT2D eigenvalue weighted by Crippen LogP contribution is -2.06. The minimum absolute atomic E-state index is 0.346. The number of hydrogen-bond acceptors (Lipinski definition) is 4. The Morgan fingerprint density at radius 3 is 2.16 bits per heavy atom. The van der Waals surface area contributed by atoms with E-state index in [1.54, 1.807) is 18.2 Å². The smallest absolute Gasteiger partial charge is 0.308 e. The highest BCUT2D eigenvalue weighted by Gasteiger charge is 2.09. The Labute approximate surface area is 188 Å². The van der Waals surface area contributed by atoms with Crippen molar-refractivity contribution in [2.75, 3.05) is 0 Å². The van der Waals surface area contributed by atoms with Crippen LogP contribution in [0.1, 0.15) is 84.1 Å². The Morgan fingerprint density at radius 2 is 1.48 bits per heavy atom. The van der Waals surface area contributed by atoms with Crippen molar-refractivity contribution < 1.29 is 19.1 Å². The van der Waals surface area contributed by atoms with E-state index in [-0.39, 0.29) is 11.9 Å². The lowest BCUT2D eigenvalue weighted by atomic mass is 10.0. The lowest BCUT2D eigenvalue weighted by Gasteiger charge is -2.11. The molecule has 170 valence electrons. The zero-order valence-corrected chi connectivity index (χ0v) is 19.4. The van der Waals surface area contributed by atoms with Gasteiger partial charge in [-0.2, -0.15) is 0 Å². The molecule has 0 saturated heterocycles. The first kappa shape index (κ1) is 26.4. The first-order valence-electron chi connectivity index (χ1n) is 11.5. The Morgan fingerprint density at radius 1 is 0.806 bits per heavy atom. The lowest BCUT2D eigenvalue weighted by molar-refractivity contribution is -0.133. The van der Waals surface area contributed by atoms with Gasteiger partial charge in [0.25, 0.3) is 0 Å². The van der Waals surface area contributed by atoms with Crippen LogP contribution in [0.3, 0.4) is 0 Å². The van der Waals surface area contributed by atoms with Gasteiger partial charge in [-0.15, -0.1) is 0 Å². The summed E-state index contributed by atoms with van der Waals surface area (Å²) in [6.07, 6.45) is 24.2. The molecule has 1 aromatic rings. The molecule has 0 radical (unpaired) electrons. The fourth-order valence-corrected chi connectivity index (χ4v) is 3.26. The molecule has 0 unspecified atom stereocenters. The van der Waals surface area contributed by atoms with Crippen molar-refractivity contribution in [2.24, 2.45) is 0 Å².